The molecule has 1 aromatic carbocycles. The molecule has 1 heterocycles. The standard InChI is InChI=1S/C14H17N3O2/c1-16(9-12-8-15-17(2)10-12)14(18)11-19-13-6-4-3-5-7-13/h3-8,10H,9,11H2,1-2H3. The molecule has 5 heteroatoms. The lowest BCUT2D eigenvalue weighted by Crippen LogP contribution is -2.30. The third-order valence-corrected chi connectivity index (χ3v) is 2.71. The second-order valence-electron chi connectivity index (χ2n) is 4.37. The van der Waals surface area contributed by atoms with Gasteiger partial charge in [-0.3, -0.25) is 9.48 Å². The molecule has 0 atom stereocenters. The first-order valence-electron chi connectivity index (χ1n) is 6.04. The third kappa shape index (κ3) is 3.84. The van der Waals surface area contributed by atoms with Crippen LogP contribution in [-0.4, -0.2) is 34.2 Å². The van der Waals surface area contributed by atoms with E-state index in [4.69, 9.17) is 4.74 Å². The Morgan fingerprint density at radius 3 is 2.74 bits per heavy atom. The summed E-state index contributed by atoms with van der Waals surface area (Å²) in [6, 6.07) is 9.31. The summed E-state index contributed by atoms with van der Waals surface area (Å²) in [6.07, 6.45) is 3.64. The van der Waals surface area contributed by atoms with E-state index in [2.05, 4.69) is 5.10 Å². The molecular weight excluding hydrogens is 242 g/mol. The molecule has 5 nitrogen and oxygen atoms in total. The number of carbonyl (C=O) groups is 1. The molecule has 2 aromatic rings. The summed E-state index contributed by atoms with van der Waals surface area (Å²) in [6.45, 7) is 0.575. The summed E-state index contributed by atoms with van der Waals surface area (Å²) < 4.78 is 7.14. The highest BCUT2D eigenvalue weighted by Crippen LogP contribution is 2.08. The number of nitrogens with zero attached hydrogens (tertiary/aromatic N) is 3. The molecule has 2 rings (SSSR count). The number of ether oxygens (including phenoxy) is 1. The van der Waals surface area contributed by atoms with Crippen molar-refractivity contribution >= 4 is 5.91 Å². The monoisotopic (exact) mass is 259 g/mol. The van der Waals surface area contributed by atoms with Crippen LogP contribution < -0.4 is 4.74 Å². The van der Waals surface area contributed by atoms with Crippen LogP contribution in [0.4, 0.5) is 0 Å². The minimum absolute atomic E-state index is 0.0424. The zero-order chi connectivity index (χ0) is 13.7. The van der Waals surface area contributed by atoms with E-state index in [0.717, 1.165) is 5.56 Å². The lowest BCUT2D eigenvalue weighted by atomic mass is 10.3. The van der Waals surface area contributed by atoms with Gasteiger partial charge in [0.1, 0.15) is 5.75 Å². The Bertz CT molecular complexity index is 537. The summed E-state index contributed by atoms with van der Waals surface area (Å²) in [4.78, 5) is 13.5. The first kappa shape index (κ1) is 13.1. The number of rotatable bonds is 5. The van der Waals surface area contributed by atoms with Crippen molar-refractivity contribution in [3.63, 3.8) is 0 Å². The Morgan fingerprint density at radius 1 is 1.37 bits per heavy atom. The van der Waals surface area contributed by atoms with Crippen molar-refractivity contribution in [2.24, 2.45) is 7.05 Å². The molecule has 0 fully saturated rings. The highest BCUT2D eigenvalue weighted by Gasteiger charge is 2.10. The van der Waals surface area contributed by atoms with Gasteiger partial charge in [0.25, 0.3) is 5.91 Å². The fourth-order valence-corrected chi connectivity index (χ4v) is 1.69. The fraction of sp³-hybridized carbons (Fsp3) is 0.286. The normalized spacial score (nSPS) is 10.2. The molecule has 0 saturated heterocycles. The molecule has 0 bridgehead atoms. The lowest BCUT2D eigenvalue weighted by molar-refractivity contribution is -0.132. The summed E-state index contributed by atoms with van der Waals surface area (Å²) in [7, 11) is 3.60. The van der Waals surface area contributed by atoms with Crippen LogP contribution in [0.5, 0.6) is 5.75 Å². The van der Waals surface area contributed by atoms with Gasteiger partial charge in [0.15, 0.2) is 6.61 Å². The minimum atomic E-state index is -0.0623. The quantitative estimate of drug-likeness (QED) is 0.816. The van der Waals surface area contributed by atoms with E-state index < -0.39 is 0 Å². The Hall–Kier alpha value is -2.30. The van der Waals surface area contributed by atoms with Gasteiger partial charge in [0, 0.05) is 32.4 Å². The van der Waals surface area contributed by atoms with E-state index in [-0.39, 0.29) is 12.5 Å². The maximum absolute atomic E-state index is 11.9. The van der Waals surface area contributed by atoms with Crippen molar-refractivity contribution in [1.29, 1.82) is 0 Å². The van der Waals surface area contributed by atoms with E-state index in [1.54, 1.807) is 22.8 Å². The van der Waals surface area contributed by atoms with Gasteiger partial charge in [0.2, 0.25) is 0 Å². The number of amides is 1. The zero-order valence-electron chi connectivity index (χ0n) is 11.1. The molecular formula is C14H17N3O2. The largest absolute Gasteiger partial charge is 0.484 e. The number of para-hydroxylation sites is 1. The number of benzene rings is 1. The predicted molar refractivity (Wildman–Crippen MR) is 71.6 cm³/mol. The predicted octanol–water partition coefficient (Wildman–Crippen LogP) is 1.46. The molecule has 0 aliphatic carbocycles. The van der Waals surface area contributed by atoms with Crippen LogP contribution >= 0.6 is 0 Å². The Morgan fingerprint density at radius 2 is 2.11 bits per heavy atom. The fourth-order valence-electron chi connectivity index (χ4n) is 1.69. The van der Waals surface area contributed by atoms with Gasteiger partial charge in [-0.2, -0.15) is 5.10 Å². The van der Waals surface area contributed by atoms with Crippen molar-refractivity contribution in [2.45, 2.75) is 6.54 Å². The molecule has 100 valence electrons. The average molecular weight is 259 g/mol. The first-order chi connectivity index (χ1) is 9.15. The van der Waals surface area contributed by atoms with Gasteiger partial charge in [-0.1, -0.05) is 18.2 Å². The maximum Gasteiger partial charge on any atom is 0.260 e. The molecule has 0 spiro atoms. The summed E-state index contributed by atoms with van der Waals surface area (Å²) in [5.74, 6) is 0.637. The smallest absolute Gasteiger partial charge is 0.260 e. The van der Waals surface area contributed by atoms with Crippen LogP contribution in [0, 0.1) is 0 Å². The summed E-state index contributed by atoms with van der Waals surface area (Å²) in [5, 5.41) is 4.07. The molecule has 0 saturated carbocycles. The van der Waals surface area contributed by atoms with Crippen molar-refractivity contribution in [3.05, 3.63) is 48.3 Å². The van der Waals surface area contributed by atoms with E-state index in [1.165, 1.54) is 0 Å². The van der Waals surface area contributed by atoms with Gasteiger partial charge < -0.3 is 9.64 Å². The second-order valence-corrected chi connectivity index (χ2v) is 4.37. The molecule has 0 unspecified atom stereocenters. The third-order valence-electron chi connectivity index (χ3n) is 2.71. The maximum atomic E-state index is 11.9. The molecule has 0 N–H and O–H groups in total. The van der Waals surface area contributed by atoms with Crippen LogP contribution in [0.25, 0.3) is 0 Å². The van der Waals surface area contributed by atoms with Crippen molar-refractivity contribution in [3.8, 4) is 5.75 Å². The van der Waals surface area contributed by atoms with Crippen LogP contribution in [0.3, 0.4) is 0 Å². The van der Waals surface area contributed by atoms with E-state index >= 15 is 0 Å². The number of carbonyl (C=O) groups excluding carboxylic acids is 1. The molecule has 0 aliphatic heterocycles. The number of aromatic nitrogens is 2. The van der Waals surface area contributed by atoms with Gasteiger partial charge in [-0.15, -0.1) is 0 Å². The molecule has 19 heavy (non-hydrogen) atoms. The van der Waals surface area contributed by atoms with Crippen LogP contribution in [0.1, 0.15) is 5.56 Å². The highest BCUT2D eigenvalue weighted by molar-refractivity contribution is 5.77. The second kappa shape index (κ2) is 6.04. The van der Waals surface area contributed by atoms with Crippen molar-refractivity contribution in [1.82, 2.24) is 14.7 Å². The Balaban J connectivity index is 1.82. The SMILES string of the molecule is CN(Cc1cnn(C)c1)C(=O)COc1ccccc1. The highest BCUT2D eigenvalue weighted by atomic mass is 16.5. The molecule has 1 aromatic heterocycles. The van der Waals surface area contributed by atoms with Crippen molar-refractivity contribution in [2.75, 3.05) is 13.7 Å². The zero-order valence-corrected chi connectivity index (χ0v) is 11.1. The Kier molecular flexibility index (Phi) is 4.18. The van der Waals surface area contributed by atoms with E-state index in [9.17, 15) is 4.79 Å². The minimum Gasteiger partial charge on any atom is -0.484 e. The number of hydrogen-bond donors (Lipinski definition) is 0. The van der Waals surface area contributed by atoms with E-state index in [1.807, 2.05) is 43.6 Å². The van der Waals surface area contributed by atoms with Crippen molar-refractivity contribution < 1.29 is 9.53 Å². The molecule has 1 amide bonds. The number of likely N-dealkylation sites (N-methyl/N-ethyl adjacent to an activating group) is 1. The van der Waals surface area contributed by atoms with Gasteiger partial charge in [0.05, 0.1) is 6.20 Å². The first-order valence-corrected chi connectivity index (χ1v) is 6.04. The Labute approximate surface area is 112 Å². The van der Waals surface area contributed by atoms with Crippen LogP contribution in [0.15, 0.2) is 42.7 Å². The van der Waals surface area contributed by atoms with Gasteiger partial charge >= 0.3 is 0 Å². The molecule has 0 radical (unpaired) electrons. The van der Waals surface area contributed by atoms with Gasteiger partial charge in [-0.05, 0) is 12.1 Å². The van der Waals surface area contributed by atoms with Gasteiger partial charge in [-0.25, -0.2) is 0 Å². The summed E-state index contributed by atoms with van der Waals surface area (Å²) in [5.41, 5.74) is 0.998. The summed E-state index contributed by atoms with van der Waals surface area (Å²) >= 11 is 0. The van der Waals surface area contributed by atoms with E-state index in [0.29, 0.717) is 12.3 Å². The lowest BCUT2D eigenvalue weighted by Gasteiger charge is -2.16. The van der Waals surface area contributed by atoms with Crippen LogP contribution in [0.2, 0.25) is 0 Å². The molecule has 0 aliphatic rings. The average Bonchev–Trinajstić information content (AvgIpc) is 2.82. The van der Waals surface area contributed by atoms with Crippen LogP contribution in [-0.2, 0) is 18.4 Å². The topological polar surface area (TPSA) is 47.4 Å². The number of aryl methyl sites for hydroxylation is 1. The number of hydrogen-bond acceptors (Lipinski definition) is 3.